The Bertz CT molecular complexity index is 621. The van der Waals surface area contributed by atoms with Gasteiger partial charge in [0.1, 0.15) is 0 Å². The van der Waals surface area contributed by atoms with Gasteiger partial charge in [0.2, 0.25) is 0 Å². The molecule has 2 aromatic rings. The summed E-state index contributed by atoms with van der Waals surface area (Å²) in [5.74, 6) is 0.499. The molecular formula is C14H16BrN3OS. The third-order valence-corrected chi connectivity index (χ3v) is 5.32. The number of carbonyl (C=O) groups excluding carboxylic acids is 1. The zero-order valence-corrected chi connectivity index (χ0v) is 13.7. The van der Waals surface area contributed by atoms with E-state index in [1.165, 1.54) is 11.3 Å². The van der Waals surface area contributed by atoms with Crippen LogP contribution in [0.25, 0.3) is 0 Å². The number of hydrogen-bond acceptors (Lipinski definition) is 3. The summed E-state index contributed by atoms with van der Waals surface area (Å²) in [6, 6.07) is 3.96. The highest BCUT2D eigenvalue weighted by Crippen LogP contribution is 2.28. The van der Waals surface area contributed by atoms with Crippen molar-refractivity contribution in [2.45, 2.75) is 18.8 Å². The molecule has 0 radical (unpaired) electrons. The summed E-state index contributed by atoms with van der Waals surface area (Å²) < 4.78 is 2.80. The minimum Gasteiger partial charge on any atom is -0.337 e. The first-order valence-electron chi connectivity index (χ1n) is 6.66. The van der Waals surface area contributed by atoms with Gasteiger partial charge in [0.15, 0.2) is 0 Å². The molecule has 2 aromatic heterocycles. The maximum Gasteiger partial charge on any atom is 0.263 e. The van der Waals surface area contributed by atoms with Crippen LogP contribution in [0.3, 0.4) is 0 Å². The Morgan fingerprint density at radius 3 is 3.05 bits per heavy atom. The average molecular weight is 354 g/mol. The normalized spacial score (nSPS) is 19.3. The van der Waals surface area contributed by atoms with Gasteiger partial charge in [-0.3, -0.25) is 9.48 Å². The monoisotopic (exact) mass is 353 g/mol. The van der Waals surface area contributed by atoms with E-state index in [1.807, 2.05) is 34.3 Å². The van der Waals surface area contributed by atoms with Crippen molar-refractivity contribution in [1.29, 1.82) is 0 Å². The zero-order valence-electron chi connectivity index (χ0n) is 11.3. The smallest absolute Gasteiger partial charge is 0.263 e. The second kappa shape index (κ2) is 5.69. The van der Waals surface area contributed by atoms with E-state index in [9.17, 15) is 4.79 Å². The van der Waals surface area contributed by atoms with Crippen molar-refractivity contribution in [2.75, 3.05) is 13.1 Å². The molecule has 0 bridgehead atoms. The fourth-order valence-electron chi connectivity index (χ4n) is 2.63. The third kappa shape index (κ3) is 2.81. The standard InChI is InChI=1S/C14H16BrN3OS/c1-17-6-4-12(16-17)10-3-2-5-18(8-10)14(19)13-7-11(15)9-20-13/h4,6-7,9-10H,2-3,5,8H2,1H3/t10-/m1/s1. The maximum atomic E-state index is 12.5. The Kier molecular flexibility index (Phi) is 3.94. The van der Waals surface area contributed by atoms with E-state index in [4.69, 9.17) is 0 Å². The Morgan fingerprint density at radius 2 is 2.40 bits per heavy atom. The summed E-state index contributed by atoms with van der Waals surface area (Å²) in [4.78, 5) is 15.2. The molecule has 6 heteroatoms. The highest BCUT2D eigenvalue weighted by molar-refractivity contribution is 9.10. The van der Waals surface area contributed by atoms with Crippen LogP contribution >= 0.6 is 27.3 Å². The predicted octanol–water partition coefficient (Wildman–Crippen LogP) is 3.26. The Morgan fingerprint density at radius 1 is 1.55 bits per heavy atom. The van der Waals surface area contributed by atoms with Crippen LogP contribution in [0.2, 0.25) is 0 Å². The van der Waals surface area contributed by atoms with Gasteiger partial charge in [0.05, 0.1) is 10.6 Å². The van der Waals surface area contributed by atoms with Crippen molar-refractivity contribution in [3.05, 3.63) is 38.8 Å². The molecular weight excluding hydrogens is 338 g/mol. The molecule has 0 unspecified atom stereocenters. The van der Waals surface area contributed by atoms with E-state index < -0.39 is 0 Å². The second-order valence-electron chi connectivity index (χ2n) is 5.13. The van der Waals surface area contributed by atoms with E-state index in [0.29, 0.717) is 5.92 Å². The largest absolute Gasteiger partial charge is 0.337 e. The van der Waals surface area contributed by atoms with E-state index in [-0.39, 0.29) is 5.91 Å². The van der Waals surface area contributed by atoms with Crippen molar-refractivity contribution >= 4 is 33.2 Å². The lowest BCUT2D eigenvalue weighted by atomic mass is 9.95. The molecule has 3 rings (SSSR count). The zero-order chi connectivity index (χ0) is 14.1. The molecule has 0 saturated carbocycles. The van der Waals surface area contributed by atoms with Crippen molar-refractivity contribution in [2.24, 2.45) is 7.05 Å². The molecule has 20 heavy (non-hydrogen) atoms. The van der Waals surface area contributed by atoms with Gasteiger partial charge in [-0.2, -0.15) is 5.10 Å². The lowest BCUT2D eigenvalue weighted by molar-refractivity contribution is 0.0710. The summed E-state index contributed by atoms with van der Waals surface area (Å²) in [7, 11) is 1.93. The summed E-state index contributed by atoms with van der Waals surface area (Å²) in [5, 5.41) is 6.43. The minimum absolute atomic E-state index is 0.140. The molecule has 0 N–H and O–H groups in total. The van der Waals surface area contributed by atoms with Gasteiger partial charge in [-0.25, -0.2) is 0 Å². The number of piperidine rings is 1. The summed E-state index contributed by atoms with van der Waals surface area (Å²) in [5.41, 5.74) is 1.09. The quantitative estimate of drug-likeness (QED) is 0.830. The molecule has 0 aromatic carbocycles. The second-order valence-corrected chi connectivity index (χ2v) is 6.96. The van der Waals surface area contributed by atoms with Crippen LogP contribution in [-0.2, 0) is 7.05 Å². The number of carbonyl (C=O) groups is 1. The van der Waals surface area contributed by atoms with E-state index in [0.717, 1.165) is 41.0 Å². The fourth-order valence-corrected chi connectivity index (χ4v) is 4.03. The lowest BCUT2D eigenvalue weighted by Crippen LogP contribution is -2.38. The van der Waals surface area contributed by atoms with Gasteiger partial charge in [-0.05, 0) is 40.9 Å². The molecule has 1 saturated heterocycles. The van der Waals surface area contributed by atoms with Crippen LogP contribution in [0.5, 0.6) is 0 Å². The number of hydrogen-bond donors (Lipinski definition) is 0. The topological polar surface area (TPSA) is 38.1 Å². The van der Waals surface area contributed by atoms with Gasteiger partial charge >= 0.3 is 0 Å². The summed E-state index contributed by atoms with van der Waals surface area (Å²) >= 11 is 4.90. The first-order chi connectivity index (χ1) is 9.63. The molecule has 1 aliphatic heterocycles. The first-order valence-corrected chi connectivity index (χ1v) is 8.33. The molecule has 106 valence electrons. The highest BCUT2D eigenvalue weighted by atomic mass is 79.9. The third-order valence-electron chi connectivity index (χ3n) is 3.64. The van der Waals surface area contributed by atoms with Crippen LogP contribution in [-0.4, -0.2) is 33.7 Å². The maximum absolute atomic E-state index is 12.5. The Labute approximate surface area is 130 Å². The molecule has 0 spiro atoms. The Balaban J connectivity index is 1.73. The van der Waals surface area contributed by atoms with Gasteiger partial charge < -0.3 is 4.90 Å². The molecule has 4 nitrogen and oxygen atoms in total. The highest BCUT2D eigenvalue weighted by Gasteiger charge is 2.27. The van der Waals surface area contributed by atoms with Gasteiger partial charge in [-0.1, -0.05) is 0 Å². The first kappa shape index (κ1) is 13.8. The van der Waals surface area contributed by atoms with Gasteiger partial charge in [0.25, 0.3) is 5.91 Å². The van der Waals surface area contributed by atoms with Crippen molar-refractivity contribution < 1.29 is 4.79 Å². The number of aromatic nitrogens is 2. The van der Waals surface area contributed by atoms with Crippen LogP contribution < -0.4 is 0 Å². The van der Waals surface area contributed by atoms with Crippen LogP contribution in [0.4, 0.5) is 0 Å². The molecule has 1 aliphatic rings. The number of amides is 1. The molecule has 3 heterocycles. The molecule has 1 amide bonds. The van der Waals surface area contributed by atoms with Crippen LogP contribution in [0.1, 0.15) is 34.1 Å². The van der Waals surface area contributed by atoms with Crippen molar-refractivity contribution in [3.8, 4) is 0 Å². The minimum atomic E-state index is 0.140. The SMILES string of the molecule is Cn1ccc([C@@H]2CCCN(C(=O)c3cc(Br)cs3)C2)n1. The number of aryl methyl sites for hydroxylation is 1. The lowest BCUT2D eigenvalue weighted by Gasteiger charge is -2.31. The number of likely N-dealkylation sites (tertiary alicyclic amines) is 1. The summed E-state index contributed by atoms with van der Waals surface area (Å²) in [6.07, 6.45) is 4.11. The molecule has 1 atom stereocenters. The number of nitrogens with zero attached hydrogens (tertiary/aromatic N) is 3. The molecule has 0 aliphatic carbocycles. The number of halogens is 1. The fraction of sp³-hybridized carbons (Fsp3) is 0.429. The van der Waals surface area contributed by atoms with E-state index in [2.05, 4.69) is 27.1 Å². The van der Waals surface area contributed by atoms with Crippen molar-refractivity contribution in [3.63, 3.8) is 0 Å². The predicted molar refractivity (Wildman–Crippen MR) is 83.1 cm³/mol. The van der Waals surface area contributed by atoms with E-state index >= 15 is 0 Å². The molecule has 1 fully saturated rings. The van der Waals surface area contributed by atoms with E-state index in [1.54, 1.807) is 0 Å². The van der Waals surface area contributed by atoms with Crippen LogP contribution in [0.15, 0.2) is 28.2 Å². The Hall–Kier alpha value is -1.14. The van der Waals surface area contributed by atoms with Gasteiger partial charge in [0, 0.05) is 42.1 Å². The number of rotatable bonds is 2. The van der Waals surface area contributed by atoms with Gasteiger partial charge in [-0.15, -0.1) is 11.3 Å². The van der Waals surface area contributed by atoms with Crippen LogP contribution in [0, 0.1) is 0 Å². The number of thiophene rings is 1. The van der Waals surface area contributed by atoms with Crippen molar-refractivity contribution in [1.82, 2.24) is 14.7 Å². The average Bonchev–Trinajstić information content (AvgIpc) is 3.07. The summed E-state index contributed by atoms with van der Waals surface area (Å²) in [6.45, 7) is 1.61.